The Labute approximate surface area is 209 Å². The standard InChI is InChI=1S/C29H41NOS/c1-19-20(2)25(32-21(19)3)29(11,27(7,8)28(9,10)30-26(4,5)6)31-24-18-14-16-22-15-12-13-17-23(22)24/h12-18,30H,1-11H3/t29-/m1/s1/i12D,13D,14D,15D,16D,17D,18D. The Kier molecular flexibility index (Phi) is 4.28. The van der Waals surface area contributed by atoms with E-state index in [0.29, 0.717) is 0 Å². The first-order valence-electron chi connectivity index (χ1n) is 14.6. The Morgan fingerprint density at radius 2 is 1.41 bits per heavy atom. The SMILES string of the molecule is [2H]c1c([2H])c([2H])c2c(O[C@](C)(c3sc(C)c(C)c3C)C(C)(C)C(C)(C)NC(C)(C)C)c([2H])c([2H])c([2H])c2c1[2H]. The third-order valence-corrected chi connectivity index (χ3v) is 8.66. The molecule has 0 saturated heterocycles. The van der Waals surface area contributed by atoms with Crippen molar-refractivity contribution in [1.29, 1.82) is 0 Å². The molecule has 0 spiro atoms. The van der Waals surface area contributed by atoms with Crippen LogP contribution in [0.3, 0.4) is 0 Å². The van der Waals surface area contributed by atoms with Gasteiger partial charge in [-0.05, 0) is 84.9 Å². The lowest BCUT2D eigenvalue weighted by Crippen LogP contribution is -2.65. The van der Waals surface area contributed by atoms with Gasteiger partial charge in [0.25, 0.3) is 0 Å². The summed E-state index contributed by atoms with van der Waals surface area (Å²) in [6.07, 6.45) is 0. The number of ether oxygens (including phenoxy) is 1. The van der Waals surface area contributed by atoms with Gasteiger partial charge in [-0.3, -0.25) is 0 Å². The van der Waals surface area contributed by atoms with E-state index in [0.717, 1.165) is 20.9 Å². The fourth-order valence-corrected chi connectivity index (χ4v) is 5.82. The molecule has 0 aliphatic carbocycles. The smallest absolute Gasteiger partial charge is 0.147 e. The van der Waals surface area contributed by atoms with Gasteiger partial charge in [-0.25, -0.2) is 0 Å². The van der Waals surface area contributed by atoms with Gasteiger partial charge in [0.05, 0.1) is 14.5 Å². The van der Waals surface area contributed by atoms with Crippen LogP contribution in [-0.2, 0) is 5.60 Å². The first-order chi connectivity index (χ1) is 17.5. The maximum absolute atomic E-state index is 8.86. The summed E-state index contributed by atoms with van der Waals surface area (Å²) in [5.41, 5.74) is -0.353. The Hall–Kier alpha value is -1.84. The summed E-state index contributed by atoms with van der Waals surface area (Å²) in [7, 11) is 0. The molecule has 1 heterocycles. The predicted octanol–water partition coefficient (Wildman–Crippen LogP) is 8.31. The summed E-state index contributed by atoms with van der Waals surface area (Å²) < 4.78 is 66.5. The predicted molar refractivity (Wildman–Crippen MR) is 141 cm³/mol. The van der Waals surface area contributed by atoms with Gasteiger partial charge in [0.1, 0.15) is 11.4 Å². The molecule has 0 radical (unpaired) electrons. The lowest BCUT2D eigenvalue weighted by molar-refractivity contribution is -0.0827. The van der Waals surface area contributed by atoms with Gasteiger partial charge in [-0.1, -0.05) is 50.1 Å². The molecular formula is C29H41NOS. The number of benzene rings is 2. The Balaban J connectivity index is 2.50. The van der Waals surface area contributed by atoms with Crippen molar-refractivity contribution in [1.82, 2.24) is 5.32 Å². The third-order valence-electron chi connectivity index (χ3n) is 7.15. The van der Waals surface area contributed by atoms with Crippen molar-refractivity contribution >= 4 is 22.1 Å². The largest absolute Gasteiger partial charge is 0.481 e. The highest BCUT2D eigenvalue weighted by molar-refractivity contribution is 7.12. The quantitative estimate of drug-likeness (QED) is 0.401. The normalized spacial score (nSPS) is 18.2. The second-order valence-electron chi connectivity index (χ2n) is 11.0. The van der Waals surface area contributed by atoms with E-state index in [1.807, 2.05) is 13.8 Å². The van der Waals surface area contributed by atoms with E-state index in [1.165, 1.54) is 0 Å². The average Bonchev–Trinajstić information content (AvgIpc) is 3.07. The van der Waals surface area contributed by atoms with Crippen LogP contribution in [0, 0.1) is 26.2 Å². The molecule has 3 rings (SSSR count). The molecule has 3 aromatic rings. The lowest BCUT2D eigenvalue weighted by atomic mass is 9.62. The van der Waals surface area contributed by atoms with Crippen LogP contribution in [0.1, 0.15) is 85.9 Å². The number of thiophene rings is 1. The summed E-state index contributed by atoms with van der Waals surface area (Å²) in [6.45, 7) is 22.8. The molecule has 0 saturated carbocycles. The average molecular weight is 459 g/mol. The molecule has 0 amide bonds. The molecule has 0 aliphatic rings. The van der Waals surface area contributed by atoms with E-state index in [4.69, 9.17) is 14.3 Å². The van der Waals surface area contributed by atoms with Crippen molar-refractivity contribution in [2.75, 3.05) is 0 Å². The maximum Gasteiger partial charge on any atom is 0.147 e. The fourth-order valence-electron chi connectivity index (χ4n) is 4.41. The van der Waals surface area contributed by atoms with Gasteiger partial charge >= 0.3 is 0 Å². The Morgan fingerprint density at radius 1 is 0.812 bits per heavy atom. The molecule has 2 aromatic carbocycles. The number of hydrogen-bond donors (Lipinski definition) is 1. The van der Waals surface area contributed by atoms with Gasteiger partial charge in [0.15, 0.2) is 0 Å². The number of rotatable bonds is 6. The number of hydrogen-bond acceptors (Lipinski definition) is 3. The van der Waals surface area contributed by atoms with E-state index < -0.39 is 46.8 Å². The van der Waals surface area contributed by atoms with Crippen LogP contribution in [0.15, 0.2) is 42.3 Å². The van der Waals surface area contributed by atoms with E-state index in [9.17, 15) is 0 Å². The van der Waals surface area contributed by atoms with Crippen molar-refractivity contribution in [2.24, 2.45) is 5.41 Å². The van der Waals surface area contributed by atoms with Crippen molar-refractivity contribution in [3.8, 4) is 5.75 Å². The summed E-state index contributed by atoms with van der Waals surface area (Å²) in [4.78, 5) is 2.08. The zero-order valence-electron chi connectivity index (χ0n) is 28.3. The number of fused-ring (bicyclic) bond motifs is 1. The molecule has 1 aromatic heterocycles. The molecule has 1 atom stereocenters. The first-order valence-corrected chi connectivity index (χ1v) is 11.9. The topological polar surface area (TPSA) is 21.3 Å². The summed E-state index contributed by atoms with van der Waals surface area (Å²) in [5.74, 6) is -0.108. The highest BCUT2D eigenvalue weighted by Gasteiger charge is 2.55. The second kappa shape index (κ2) is 8.18. The van der Waals surface area contributed by atoms with Gasteiger partial charge in [-0.15, -0.1) is 11.3 Å². The number of aryl methyl sites for hydroxylation is 1. The van der Waals surface area contributed by atoms with E-state index in [2.05, 4.69) is 67.6 Å². The molecule has 0 unspecified atom stereocenters. The first kappa shape index (κ1) is 16.7. The van der Waals surface area contributed by atoms with Crippen LogP contribution in [0.5, 0.6) is 5.75 Å². The van der Waals surface area contributed by atoms with E-state index in [-0.39, 0.29) is 34.1 Å². The highest BCUT2D eigenvalue weighted by Crippen LogP contribution is 2.53. The summed E-state index contributed by atoms with van der Waals surface area (Å²) >= 11 is 1.61. The highest BCUT2D eigenvalue weighted by atomic mass is 32.1. The van der Waals surface area contributed by atoms with Crippen molar-refractivity contribution in [2.45, 2.75) is 92.8 Å². The third kappa shape index (κ3) is 4.22. The fraction of sp³-hybridized carbons (Fsp3) is 0.517. The molecule has 174 valence electrons. The Bertz CT molecular complexity index is 1460. The molecule has 3 heteroatoms. The molecular weight excluding hydrogens is 410 g/mol. The molecule has 0 bridgehead atoms. The van der Waals surface area contributed by atoms with Crippen LogP contribution >= 0.6 is 11.3 Å². The monoisotopic (exact) mass is 458 g/mol. The minimum atomic E-state index is -1.11. The van der Waals surface area contributed by atoms with E-state index in [1.54, 1.807) is 11.3 Å². The van der Waals surface area contributed by atoms with E-state index >= 15 is 0 Å². The van der Waals surface area contributed by atoms with Crippen LogP contribution in [0.25, 0.3) is 10.8 Å². The molecule has 0 fully saturated rings. The summed E-state index contributed by atoms with van der Waals surface area (Å²) in [6, 6.07) is -2.97. The number of nitrogens with one attached hydrogen (secondary N) is 1. The molecule has 32 heavy (non-hydrogen) atoms. The molecule has 1 N–H and O–H groups in total. The Morgan fingerprint density at radius 3 is 1.97 bits per heavy atom. The minimum absolute atomic E-state index is 0.0433. The summed E-state index contributed by atoms with van der Waals surface area (Å²) in [5, 5.41) is 3.58. The van der Waals surface area contributed by atoms with Gasteiger partial charge in [-0.2, -0.15) is 0 Å². The van der Waals surface area contributed by atoms with Crippen LogP contribution in [0.2, 0.25) is 0 Å². The van der Waals surface area contributed by atoms with Gasteiger partial charge in [0.2, 0.25) is 0 Å². The van der Waals surface area contributed by atoms with Gasteiger partial charge in [0, 0.05) is 26.8 Å². The maximum atomic E-state index is 8.86. The van der Waals surface area contributed by atoms with Crippen LogP contribution < -0.4 is 10.1 Å². The van der Waals surface area contributed by atoms with Gasteiger partial charge < -0.3 is 10.1 Å². The van der Waals surface area contributed by atoms with Crippen molar-refractivity contribution in [3.05, 3.63) is 63.2 Å². The van der Waals surface area contributed by atoms with Crippen molar-refractivity contribution < 1.29 is 14.3 Å². The van der Waals surface area contributed by atoms with Crippen molar-refractivity contribution in [3.63, 3.8) is 0 Å². The second-order valence-corrected chi connectivity index (χ2v) is 12.2. The molecule has 2 nitrogen and oxygen atoms in total. The van der Waals surface area contributed by atoms with Crippen LogP contribution in [0.4, 0.5) is 0 Å². The zero-order chi connectivity index (χ0) is 30.2. The zero-order valence-corrected chi connectivity index (χ0v) is 22.1. The minimum Gasteiger partial charge on any atom is -0.481 e. The van der Waals surface area contributed by atoms with Crippen LogP contribution in [-0.4, -0.2) is 11.1 Å². The lowest BCUT2D eigenvalue weighted by Gasteiger charge is -2.55. The molecule has 0 aliphatic heterocycles.